The van der Waals surface area contributed by atoms with Crippen LogP contribution in [0.1, 0.15) is 57.8 Å². The van der Waals surface area contributed by atoms with Gasteiger partial charge in [-0.3, -0.25) is 0 Å². The molecule has 0 amide bonds. The molecule has 1 heterocycles. The summed E-state index contributed by atoms with van der Waals surface area (Å²) in [5, 5.41) is 15.6. The van der Waals surface area contributed by atoms with E-state index in [1.54, 1.807) is 7.11 Å². The molecule has 0 aromatic carbocycles. The van der Waals surface area contributed by atoms with Gasteiger partial charge in [-0.1, -0.05) is 26.2 Å². The van der Waals surface area contributed by atoms with Crippen molar-refractivity contribution in [3.63, 3.8) is 0 Å². The average molecular weight is 295 g/mol. The minimum Gasteiger partial charge on any atom is -0.383 e. The minimum absolute atomic E-state index is 0.153. The zero-order valence-electron chi connectivity index (χ0n) is 13.6. The third kappa shape index (κ3) is 5.04. The van der Waals surface area contributed by atoms with Crippen LogP contribution < -0.4 is 5.32 Å². The van der Waals surface area contributed by atoms with E-state index >= 15 is 0 Å². The van der Waals surface area contributed by atoms with Gasteiger partial charge in [0.05, 0.1) is 12.6 Å². The lowest BCUT2D eigenvalue weighted by molar-refractivity contribution is 0.195. The van der Waals surface area contributed by atoms with Gasteiger partial charge in [0, 0.05) is 20.2 Å². The first kappa shape index (κ1) is 16.4. The van der Waals surface area contributed by atoms with Crippen molar-refractivity contribution in [3.05, 3.63) is 5.82 Å². The molecule has 1 fully saturated rings. The van der Waals surface area contributed by atoms with E-state index in [2.05, 4.69) is 34.7 Å². The van der Waals surface area contributed by atoms with Crippen LogP contribution in [0.3, 0.4) is 0 Å². The quantitative estimate of drug-likeness (QED) is 0.745. The normalized spacial score (nSPS) is 24.1. The van der Waals surface area contributed by atoms with Crippen LogP contribution in [0.5, 0.6) is 0 Å². The van der Waals surface area contributed by atoms with Gasteiger partial charge in [0.15, 0.2) is 5.82 Å². The maximum Gasteiger partial charge on any atom is 0.167 e. The lowest BCUT2D eigenvalue weighted by atomic mass is 9.81. The molecule has 1 aliphatic rings. The van der Waals surface area contributed by atoms with Gasteiger partial charge in [0.1, 0.15) is 0 Å². The monoisotopic (exact) mass is 295 g/mol. The van der Waals surface area contributed by atoms with E-state index in [4.69, 9.17) is 4.74 Å². The summed E-state index contributed by atoms with van der Waals surface area (Å²) in [6, 6.07) is 0.153. The maximum atomic E-state index is 5.06. The number of hydrogen-bond donors (Lipinski definition) is 1. The molecule has 1 aromatic heterocycles. The fourth-order valence-corrected chi connectivity index (χ4v) is 3.28. The lowest BCUT2D eigenvalue weighted by Gasteiger charge is -2.26. The Morgan fingerprint density at radius 2 is 2.29 bits per heavy atom. The van der Waals surface area contributed by atoms with Gasteiger partial charge in [-0.2, -0.15) is 0 Å². The molecule has 1 N–H and O–H groups in total. The number of aromatic nitrogens is 4. The van der Waals surface area contributed by atoms with Crippen molar-refractivity contribution in [1.82, 2.24) is 25.5 Å². The topological polar surface area (TPSA) is 64.9 Å². The van der Waals surface area contributed by atoms with Crippen LogP contribution in [0, 0.1) is 11.8 Å². The SMILES string of the molecule is COCCNC(C)c1nnnn1CCC1CCCC(C)C1. The Morgan fingerprint density at radius 1 is 1.43 bits per heavy atom. The summed E-state index contributed by atoms with van der Waals surface area (Å²) in [7, 11) is 1.71. The molecule has 0 bridgehead atoms. The Bertz CT molecular complexity index is 409. The van der Waals surface area contributed by atoms with Gasteiger partial charge >= 0.3 is 0 Å². The summed E-state index contributed by atoms with van der Waals surface area (Å²) < 4.78 is 7.02. The molecular weight excluding hydrogens is 266 g/mol. The largest absolute Gasteiger partial charge is 0.383 e. The predicted octanol–water partition coefficient (Wildman–Crippen LogP) is 2.19. The highest BCUT2D eigenvalue weighted by atomic mass is 16.5. The summed E-state index contributed by atoms with van der Waals surface area (Å²) in [6.45, 7) is 6.91. The number of ether oxygens (including phenoxy) is 1. The first-order valence-electron chi connectivity index (χ1n) is 8.19. The van der Waals surface area contributed by atoms with Crippen molar-refractivity contribution in [2.75, 3.05) is 20.3 Å². The Labute approximate surface area is 127 Å². The summed E-state index contributed by atoms with van der Waals surface area (Å²) in [4.78, 5) is 0. The number of aryl methyl sites for hydroxylation is 1. The number of rotatable bonds is 8. The van der Waals surface area contributed by atoms with E-state index in [1.807, 2.05) is 4.68 Å². The molecule has 3 unspecified atom stereocenters. The van der Waals surface area contributed by atoms with E-state index < -0.39 is 0 Å². The molecule has 6 nitrogen and oxygen atoms in total. The Kier molecular flexibility index (Phi) is 6.57. The van der Waals surface area contributed by atoms with Gasteiger partial charge in [-0.25, -0.2) is 4.68 Å². The second kappa shape index (κ2) is 8.44. The summed E-state index contributed by atoms with van der Waals surface area (Å²) in [5.74, 6) is 2.64. The maximum absolute atomic E-state index is 5.06. The molecule has 1 aromatic rings. The smallest absolute Gasteiger partial charge is 0.167 e. The van der Waals surface area contributed by atoms with Crippen LogP contribution in [0.25, 0.3) is 0 Å². The second-order valence-electron chi connectivity index (χ2n) is 6.36. The lowest BCUT2D eigenvalue weighted by Crippen LogP contribution is -2.26. The fraction of sp³-hybridized carbons (Fsp3) is 0.933. The second-order valence-corrected chi connectivity index (χ2v) is 6.36. The highest BCUT2D eigenvalue weighted by molar-refractivity contribution is 4.89. The molecule has 1 saturated carbocycles. The van der Waals surface area contributed by atoms with Crippen molar-refractivity contribution in [2.45, 2.75) is 58.5 Å². The predicted molar refractivity (Wildman–Crippen MR) is 81.8 cm³/mol. The molecule has 0 aliphatic heterocycles. The molecule has 0 spiro atoms. The summed E-state index contributed by atoms with van der Waals surface area (Å²) in [6.07, 6.45) is 6.69. The van der Waals surface area contributed by atoms with Crippen molar-refractivity contribution in [1.29, 1.82) is 0 Å². The van der Waals surface area contributed by atoms with Crippen LogP contribution in [0.2, 0.25) is 0 Å². The van der Waals surface area contributed by atoms with Gasteiger partial charge in [0.25, 0.3) is 0 Å². The van der Waals surface area contributed by atoms with Gasteiger partial charge in [-0.15, -0.1) is 5.10 Å². The Hall–Kier alpha value is -1.01. The van der Waals surface area contributed by atoms with Crippen LogP contribution in [-0.4, -0.2) is 40.5 Å². The number of nitrogens with one attached hydrogen (secondary N) is 1. The third-order valence-electron chi connectivity index (χ3n) is 4.50. The molecule has 6 heteroatoms. The van der Waals surface area contributed by atoms with E-state index in [-0.39, 0.29) is 6.04 Å². The van der Waals surface area contributed by atoms with Crippen molar-refractivity contribution in [2.24, 2.45) is 11.8 Å². The van der Waals surface area contributed by atoms with Gasteiger partial charge < -0.3 is 10.1 Å². The highest BCUT2D eigenvalue weighted by Crippen LogP contribution is 2.31. The molecule has 0 saturated heterocycles. The molecule has 0 radical (unpaired) electrons. The first-order valence-corrected chi connectivity index (χ1v) is 8.19. The summed E-state index contributed by atoms with van der Waals surface area (Å²) in [5.41, 5.74) is 0. The van der Waals surface area contributed by atoms with E-state index in [1.165, 1.54) is 32.1 Å². The molecule has 1 aliphatic carbocycles. The van der Waals surface area contributed by atoms with Crippen molar-refractivity contribution >= 4 is 0 Å². The zero-order chi connectivity index (χ0) is 15.1. The molecule has 2 rings (SSSR count). The van der Waals surface area contributed by atoms with Crippen LogP contribution in [-0.2, 0) is 11.3 Å². The van der Waals surface area contributed by atoms with Crippen LogP contribution in [0.4, 0.5) is 0 Å². The number of tetrazole rings is 1. The fourth-order valence-electron chi connectivity index (χ4n) is 3.28. The van der Waals surface area contributed by atoms with Gasteiger partial charge in [0.2, 0.25) is 0 Å². The Morgan fingerprint density at radius 3 is 3.05 bits per heavy atom. The molecule has 3 atom stereocenters. The molecule has 120 valence electrons. The van der Waals surface area contributed by atoms with Crippen LogP contribution in [0.15, 0.2) is 0 Å². The van der Waals surface area contributed by atoms with E-state index in [9.17, 15) is 0 Å². The highest BCUT2D eigenvalue weighted by Gasteiger charge is 2.20. The van der Waals surface area contributed by atoms with Gasteiger partial charge in [-0.05, 0) is 42.0 Å². The minimum atomic E-state index is 0.153. The van der Waals surface area contributed by atoms with E-state index in [0.29, 0.717) is 6.61 Å². The third-order valence-corrected chi connectivity index (χ3v) is 4.50. The zero-order valence-corrected chi connectivity index (χ0v) is 13.6. The first-order chi connectivity index (χ1) is 10.2. The van der Waals surface area contributed by atoms with Crippen LogP contribution >= 0.6 is 0 Å². The number of methoxy groups -OCH3 is 1. The Balaban J connectivity index is 1.82. The summed E-state index contributed by atoms with van der Waals surface area (Å²) >= 11 is 0. The number of hydrogen-bond acceptors (Lipinski definition) is 5. The molecule has 21 heavy (non-hydrogen) atoms. The molecular formula is C15H29N5O. The van der Waals surface area contributed by atoms with Crippen molar-refractivity contribution < 1.29 is 4.74 Å². The number of nitrogens with zero attached hydrogens (tertiary/aromatic N) is 4. The van der Waals surface area contributed by atoms with E-state index in [0.717, 1.165) is 30.7 Å². The average Bonchev–Trinajstić information content (AvgIpc) is 2.94. The van der Waals surface area contributed by atoms with Crippen molar-refractivity contribution in [3.8, 4) is 0 Å². The standard InChI is InChI=1S/C15H29N5O/c1-12-5-4-6-14(11-12)7-9-20-15(17-18-19-20)13(2)16-8-10-21-3/h12-14,16H,4-11H2,1-3H3.